The zero-order valence-electron chi connectivity index (χ0n) is 9.27. The first-order valence-corrected chi connectivity index (χ1v) is 5.33. The third-order valence-corrected chi connectivity index (χ3v) is 2.44. The molecule has 1 rings (SSSR count). The third-order valence-electron chi connectivity index (χ3n) is 2.44. The Hall–Kier alpha value is -0.830. The monoisotopic (exact) mass is 196 g/mol. The molecule has 1 aromatic rings. The molecule has 3 nitrogen and oxygen atoms in total. The van der Waals surface area contributed by atoms with E-state index in [-0.39, 0.29) is 6.10 Å². The van der Waals surface area contributed by atoms with Crippen molar-refractivity contribution in [3.8, 4) is 0 Å². The van der Waals surface area contributed by atoms with Crippen LogP contribution in [0.25, 0.3) is 0 Å². The molecule has 0 fully saturated rings. The van der Waals surface area contributed by atoms with Gasteiger partial charge in [-0.05, 0) is 25.7 Å². The lowest BCUT2D eigenvalue weighted by Crippen LogP contribution is -2.06. The molecule has 3 heteroatoms. The van der Waals surface area contributed by atoms with Gasteiger partial charge >= 0.3 is 0 Å². The number of aliphatic hydroxyl groups is 1. The maximum atomic E-state index is 9.91. The molecule has 0 saturated heterocycles. The van der Waals surface area contributed by atoms with Crippen molar-refractivity contribution in [2.45, 2.75) is 46.3 Å². The summed E-state index contributed by atoms with van der Waals surface area (Å²) in [5.41, 5.74) is 0.938. The topological polar surface area (TPSA) is 38.0 Å². The lowest BCUT2D eigenvalue weighted by atomic mass is 10.0. The fourth-order valence-electron chi connectivity index (χ4n) is 1.51. The summed E-state index contributed by atoms with van der Waals surface area (Å²) < 4.78 is 1.99. The van der Waals surface area contributed by atoms with Crippen molar-refractivity contribution in [2.75, 3.05) is 0 Å². The van der Waals surface area contributed by atoms with Gasteiger partial charge in [-0.1, -0.05) is 13.8 Å². The molecule has 1 atom stereocenters. The Labute approximate surface area is 85.8 Å². The SMILES string of the molecule is CCn1cncc1C(O)CCC(C)C. The average Bonchev–Trinajstić information content (AvgIpc) is 2.61. The van der Waals surface area contributed by atoms with Crippen LogP contribution in [-0.2, 0) is 6.54 Å². The lowest BCUT2D eigenvalue weighted by Gasteiger charge is -2.13. The summed E-state index contributed by atoms with van der Waals surface area (Å²) in [6.45, 7) is 7.27. The first kappa shape index (κ1) is 11.2. The normalized spacial score (nSPS) is 13.5. The molecule has 0 aromatic carbocycles. The van der Waals surface area contributed by atoms with Gasteiger partial charge in [0.05, 0.1) is 24.3 Å². The van der Waals surface area contributed by atoms with Crippen LogP contribution in [0.1, 0.15) is 45.4 Å². The molecule has 14 heavy (non-hydrogen) atoms. The smallest absolute Gasteiger partial charge is 0.0955 e. The van der Waals surface area contributed by atoms with Gasteiger partial charge in [0, 0.05) is 6.54 Å². The Kier molecular flexibility index (Phi) is 4.14. The van der Waals surface area contributed by atoms with Gasteiger partial charge in [0.1, 0.15) is 0 Å². The molecule has 0 radical (unpaired) electrons. The molecule has 1 N–H and O–H groups in total. The van der Waals surface area contributed by atoms with E-state index in [4.69, 9.17) is 0 Å². The van der Waals surface area contributed by atoms with E-state index in [2.05, 4.69) is 25.8 Å². The molecule has 0 aliphatic carbocycles. The molecule has 1 aromatic heterocycles. The molecular weight excluding hydrogens is 176 g/mol. The minimum absolute atomic E-state index is 0.361. The van der Waals surface area contributed by atoms with E-state index < -0.39 is 0 Å². The molecule has 80 valence electrons. The Morgan fingerprint density at radius 1 is 1.43 bits per heavy atom. The van der Waals surface area contributed by atoms with Crippen LogP contribution in [0.15, 0.2) is 12.5 Å². The fourth-order valence-corrected chi connectivity index (χ4v) is 1.51. The maximum absolute atomic E-state index is 9.91. The minimum Gasteiger partial charge on any atom is -0.387 e. The highest BCUT2D eigenvalue weighted by Crippen LogP contribution is 2.20. The molecule has 0 spiro atoms. The summed E-state index contributed by atoms with van der Waals surface area (Å²) in [5, 5.41) is 9.91. The van der Waals surface area contributed by atoms with Gasteiger partial charge in [-0.15, -0.1) is 0 Å². The van der Waals surface area contributed by atoms with E-state index in [1.165, 1.54) is 0 Å². The van der Waals surface area contributed by atoms with E-state index in [9.17, 15) is 5.11 Å². The minimum atomic E-state index is -0.361. The van der Waals surface area contributed by atoms with Crippen molar-refractivity contribution in [1.29, 1.82) is 0 Å². The molecule has 0 bridgehead atoms. The number of aromatic nitrogens is 2. The summed E-state index contributed by atoms with van der Waals surface area (Å²) in [6, 6.07) is 0. The Balaban J connectivity index is 2.55. The molecule has 0 aliphatic heterocycles. The van der Waals surface area contributed by atoms with Gasteiger partial charge in [0.2, 0.25) is 0 Å². The first-order chi connectivity index (χ1) is 6.65. The molecule has 1 unspecified atom stereocenters. The molecule has 0 saturated carbocycles. The van der Waals surface area contributed by atoms with E-state index in [0.717, 1.165) is 25.1 Å². The number of hydrogen-bond donors (Lipinski definition) is 1. The second kappa shape index (κ2) is 5.15. The van der Waals surface area contributed by atoms with E-state index >= 15 is 0 Å². The van der Waals surface area contributed by atoms with Gasteiger partial charge in [-0.2, -0.15) is 0 Å². The first-order valence-electron chi connectivity index (χ1n) is 5.33. The predicted octanol–water partition coefficient (Wildman–Crippen LogP) is 2.37. The number of hydrogen-bond acceptors (Lipinski definition) is 2. The largest absolute Gasteiger partial charge is 0.387 e. The highest BCUT2D eigenvalue weighted by atomic mass is 16.3. The van der Waals surface area contributed by atoms with Gasteiger partial charge < -0.3 is 9.67 Å². The van der Waals surface area contributed by atoms with Crippen LogP contribution in [0.2, 0.25) is 0 Å². The zero-order chi connectivity index (χ0) is 10.6. The van der Waals surface area contributed by atoms with E-state index in [1.807, 2.05) is 4.57 Å². The van der Waals surface area contributed by atoms with E-state index in [1.54, 1.807) is 12.5 Å². The van der Waals surface area contributed by atoms with Crippen LogP contribution in [0.5, 0.6) is 0 Å². The predicted molar refractivity (Wildman–Crippen MR) is 56.9 cm³/mol. The zero-order valence-corrected chi connectivity index (χ0v) is 9.27. The highest BCUT2D eigenvalue weighted by molar-refractivity contribution is 5.02. The van der Waals surface area contributed by atoms with Crippen molar-refractivity contribution in [1.82, 2.24) is 9.55 Å². The summed E-state index contributed by atoms with van der Waals surface area (Å²) in [7, 11) is 0. The van der Waals surface area contributed by atoms with Gasteiger partial charge in [0.25, 0.3) is 0 Å². The third kappa shape index (κ3) is 2.84. The lowest BCUT2D eigenvalue weighted by molar-refractivity contribution is 0.150. The summed E-state index contributed by atoms with van der Waals surface area (Å²) in [5.74, 6) is 0.641. The number of rotatable bonds is 5. The van der Waals surface area contributed by atoms with Crippen molar-refractivity contribution in [3.05, 3.63) is 18.2 Å². The van der Waals surface area contributed by atoms with Crippen LogP contribution in [0.3, 0.4) is 0 Å². The van der Waals surface area contributed by atoms with Gasteiger partial charge in [-0.25, -0.2) is 4.98 Å². The van der Waals surface area contributed by atoms with Crippen molar-refractivity contribution in [3.63, 3.8) is 0 Å². The van der Waals surface area contributed by atoms with Gasteiger partial charge in [-0.3, -0.25) is 0 Å². The van der Waals surface area contributed by atoms with Crippen molar-refractivity contribution >= 4 is 0 Å². The molecular formula is C11H20N2O. The molecule has 1 heterocycles. The second-order valence-electron chi connectivity index (χ2n) is 4.09. The summed E-state index contributed by atoms with van der Waals surface area (Å²) in [6.07, 6.45) is 5.04. The van der Waals surface area contributed by atoms with Crippen molar-refractivity contribution < 1.29 is 5.11 Å². The number of imidazole rings is 1. The maximum Gasteiger partial charge on any atom is 0.0955 e. The summed E-state index contributed by atoms with van der Waals surface area (Å²) in [4.78, 5) is 4.04. The van der Waals surface area contributed by atoms with E-state index in [0.29, 0.717) is 5.92 Å². The summed E-state index contributed by atoms with van der Waals surface area (Å²) >= 11 is 0. The Morgan fingerprint density at radius 3 is 2.71 bits per heavy atom. The van der Waals surface area contributed by atoms with Crippen LogP contribution < -0.4 is 0 Å². The second-order valence-corrected chi connectivity index (χ2v) is 4.09. The fraction of sp³-hybridized carbons (Fsp3) is 0.727. The standard InChI is InChI=1S/C11H20N2O/c1-4-13-8-12-7-10(13)11(14)6-5-9(2)3/h7-9,11,14H,4-6H2,1-3H3. The number of aliphatic hydroxyl groups excluding tert-OH is 1. The highest BCUT2D eigenvalue weighted by Gasteiger charge is 2.12. The molecule has 0 amide bonds. The van der Waals surface area contributed by atoms with Crippen LogP contribution in [-0.4, -0.2) is 14.7 Å². The Bertz CT molecular complexity index is 268. The quantitative estimate of drug-likeness (QED) is 0.785. The van der Waals surface area contributed by atoms with Crippen LogP contribution in [0, 0.1) is 5.92 Å². The van der Waals surface area contributed by atoms with Crippen LogP contribution >= 0.6 is 0 Å². The Morgan fingerprint density at radius 2 is 2.14 bits per heavy atom. The van der Waals surface area contributed by atoms with Gasteiger partial charge in [0.15, 0.2) is 0 Å². The molecule has 0 aliphatic rings. The number of nitrogens with zero attached hydrogens (tertiary/aromatic N) is 2. The number of aryl methyl sites for hydroxylation is 1. The van der Waals surface area contributed by atoms with Crippen molar-refractivity contribution in [2.24, 2.45) is 5.92 Å². The van der Waals surface area contributed by atoms with Crippen LogP contribution in [0.4, 0.5) is 0 Å². The average molecular weight is 196 g/mol.